The number of nitrogens with one attached hydrogen (secondary N) is 2. The standard InChI is InChI=1S/C12H22N4O2S/c1-4-13-8-11-12(10(3)14-15-11)19(17,18)16-7-5-6-9(16)2/h9,13H,4-8H2,1-3H3,(H,14,15). The van der Waals surface area contributed by atoms with E-state index in [2.05, 4.69) is 15.5 Å². The van der Waals surface area contributed by atoms with Crippen LogP contribution in [0.4, 0.5) is 0 Å². The van der Waals surface area contributed by atoms with Crippen molar-refractivity contribution in [1.82, 2.24) is 19.8 Å². The summed E-state index contributed by atoms with van der Waals surface area (Å²) in [6.07, 6.45) is 1.86. The van der Waals surface area contributed by atoms with Gasteiger partial charge in [0.2, 0.25) is 10.0 Å². The quantitative estimate of drug-likeness (QED) is 0.846. The molecule has 19 heavy (non-hydrogen) atoms. The fraction of sp³-hybridized carbons (Fsp3) is 0.750. The molecule has 0 radical (unpaired) electrons. The van der Waals surface area contributed by atoms with Gasteiger partial charge in [-0.3, -0.25) is 5.10 Å². The number of aromatic amines is 1. The van der Waals surface area contributed by atoms with Gasteiger partial charge in [0.05, 0.1) is 11.4 Å². The van der Waals surface area contributed by atoms with Crippen molar-refractivity contribution in [3.05, 3.63) is 11.4 Å². The summed E-state index contributed by atoms with van der Waals surface area (Å²) < 4.78 is 27.1. The van der Waals surface area contributed by atoms with Crippen LogP contribution in [-0.4, -0.2) is 42.1 Å². The molecule has 0 aromatic carbocycles. The van der Waals surface area contributed by atoms with Crippen molar-refractivity contribution in [2.45, 2.75) is 51.1 Å². The van der Waals surface area contributed by atoms with Crippen LogP contribution in [0.5, 0.6) is 0 Å². The van der Waals surface area contributed by atoms with Gasteiger partial charge in [0.15, 0.2) is 0 Å². The van der Waals surface area contributed by atoms with Gasteiger partial charge < -0.3 is 5.32 Å². The Kier molecular flexibility index (Phi) is 4.27. The van der Waals surface area contributed by atoms with Gasteiger partial charge in [-0.05, 0) is 33.2 Å². The number of rotatable bonds is 5. The third-order valence-corrected chi connectivity index (χ3v) is 5.78. The second kappa shape index (κ2) is 5.60. The van der Waals surface area contributed by atoms with Crippen molar-refractivity contribution >= 4 is 10.0 Å². The van der Waals surface area contributed by atoms with Crippen LogP contribution >= 0.6 is 0 Å². The van der Waals surface area contributed by atoms with Gasteiger partial charge in [-0.25, -0.2) is 8.42 Å². The Bertz CT molecular complexity index is 538. The van der Waals surface area contributed by atoms with Crippen molar-refractivity contribution in [3.8, 4) is 0 Å². The molecular weight excluding hydrogens is 264 g/mol. The zero-order valence-corrected chi connectivity index (χ0v) is 12.5. The normalized spacial score (nSPS) is 21.1. The third-order valence-electron chi connectivity index (χ3n) is 3.56. The molecule has 2 rings (SSSR count). The van der Waals surface area contributed by atoms with E-state index in [0.717, 1.165) is 19.4 Å². The average molecular weight is 286 g/mol. The molecule has 1 aromatic rings. The van der Waals surface area contributed by atoms with Crippen LogP contribution in [0.1, 0.15) is 38.1 Å². The Labute approximate surface area is 114 Å². The van der Waals surface area contributed by atoms with E-state index < -0.39 is 10.0 Å². The van der Waals surface area contributed by atoms with Crippen LogP contribution < -0.4 is 5.32 Å². The molecule has 1 unspecified atom stereocenters. The molecule has 2 heterocycles. The SMILES string of the molecule is CCNCc1n[nH]c(C)c1S(=O)(=O)N1CCCC1C. The van der Waals surface area contributed by atoms with Crippen LogP contribution in [0.15, 0.2) is 4.90 Å². The molecule has 0 amide bonds. The summed E-state index contributed by atoms with van der Waals surface area (Å²) in [5.41, 5.74) is 1.20. The highest BCUT2D eigenvalue weighted by molar-refractivity contribution is 7.89. The van der Waals surface area contributed by atoms with E-state index in [4.69, 9.17) is 0 Å². The lowest BCUT2D eigenvalue weighted by Crippen LogP contribution is -2.34. The number of H-pyrrole nitrogens is 1. The van der Waals surface area contributed by atoms with Gasteiger partial charge >= 0.3 is 0 Å². The molecule has 108 valence electrons. The molecule has 1 atom stereocenters. The first-order valence-corrected chi connectivity index (χ1v) is 8.19. The van der Waals surface area contributed by atoms with Gasteiger partial charge in [0.1, 0.15) is 4.90 Å². The first kappa shape index (κ1) is 14.5. The van der Waals surface area contributed by atoms with Gasteiger partial charge in [-0.15, -0.1) is 0 Å². The summed E-state index contributed by atoms with van der Waals surface area (Å²) in [5.74, 6) is 0. The zero-order chi connectivity index (χ0) is 14.0. The number of hydrogen-bond donors (Lipinski definition) is 2. The first-order chi connectivity index (χ1) is 8.98. The molecule has 2 N–H and O–H groups in total. The summed E-state index contributed by atoms with van der Waals surface area (Å²) >= 11 is 0. The molecule has 0 bridgehead atoms. The van der Waals surface area contributed by atoms with Crippen molar-refractivity contribution in [3.63, 3.8) is 0 Å². The number of aryl methyl sites for hydroxylation is 1. The molecule has 1 aliphatic rings. The molecule has 1 saturated heterocycles. The molecule has 1 aromatic heterocycles. The number of aromatic nitrogens is 2. The van der Waals surface area contributed by atoms with E-state index in [0.29, 0.717) is 29.4 Å². The van der Waals surface area contributed by atoms with Crippen molar-refractivity contribution in [1.29, 1.82) is 0 Å². The summed E-state index contributed by atoms with van der Waals surface area (Å²) in [7, 11) is -3.44. The molecule has 0 aliphatic carbocycles. The van der Waals surface area contributed by atoms with E-state index in [1.807, 2.05) is 13.8 Å². The fourth-order valence-electron chi connectivity index (χ4n) is 2.56. The highest BCUT2D eigenvalue weighted by Gasteiger charge is 2.36. The van der Waals surface area contributed by atoms with Crippen LogP contribution in [0.2, 0.25) is 0 Å². The maximum absolute atomic E-state index is 12.7. The maximum Gasteiger partial charge on any atom is 0.247 e. The lowest BCUT2D eigenvalue weighted by molar-refractivity contribution is 0.407. The minimum absolute atomic E-state index is 0.0753. The number of hydrogen-bond acceptors (Lipinski definition) is 4. The Hall–Kier alpha value is -0.920. The second-order valence-corrected chi connectivity index (χ2v) is 6.84. The van der Waals surface area contributed by atoms with Crippen LogP contribution in [-0.2, 0) is 16.6 Å². The maximum atomic E-state index is 12.7. The highest BCUT2D eigenvalue weighted by Crippen LogP contribution is 2.28. The molecule has 0 spiro atoms. The van der Waals surface area contributed by atoms with Gasteiger partial charge in [0.25, 0.3) is 0 Å². The lowest BCUT2D eigenvalue weighted by atomic mass is 10.3. The van der Waals surface area contributed by atoms with E-state index in [1.54, 1.807) is 11.2 Å². The lowest BCUT2D eigenvalue weighted by Gasteiger charge is -2.21. The van der Waals surface area contributed by atoms with Gasteiger partial charge in [-0.1, -0.05) is 6.92 Å². The molecular formula is C12H22N4O2S. The van der Waals surface area contributed by atoms with Crippen LogP contribution in [0.25, 0.3) is 0 Å². The zero-order valence-electron chi connectivity index (χ0n) is 11.7. The third kappa shape index (κ3) is 2.68. The fourth-order valence-corrected chi connectivity index (χ4v) is 4.59. The Morgan fingerprint density at radius 1 is 1.53 bits per heavy atom. The van der Waals surface area contributed by atoms with Gasteiger partial charge in [0, 0.05) is 19.1 Å². The number of nitrogens with zero attached hydrogens (tertiary/aromatic N) is 2. The summed E-state index contributed by atoms with van der Waals surface area (Å²) in [4.78, 5) is 0.349. The predicted octanol–water partition coefficient (Wildman–Crippen LogP) is 1.00. The Morgan fingerprint density at radius 2 is 2.26 bits per heavy atom. The van der Waals surface area contributed by atoms with Crippen molar-refractivity contribution in [2.24, 2.45) is 0 Å². The predicted molar refractivity (Wildman–Crippen MR) is 73.3 cm³/mol. The first-order valence-electron chi connectivity index (χ1n) is 6.75. The minimum Gasteiger partial charge on any atom is -0.311 e. The summed E-state index contributed by atoms with van der Waals surface area (Å²) in [6, 6.07) is 0.0753. The van der Waals surface area contributed by atoms with Crippen molar-refractivity contribution < 1.29 is 8.42 Å². The second-order valence-electron chi connectivity index (χ2n) is 5.01. The molecule has 1 aliphatic heterocycles. The Morgan fingerprint density at radius 3 is 2.84 bits per heavy atom. The molecule has 0 saturated carbocycles. The molecule has 7 heteroatoms. The van der Waals surface area contributed by atoms with E-state index >= 15 is 0 Å². The van der Waals surface area contributed by atoms with E-state index in [-0.39, 0.29) is 6.04 Å². The molecule has 1 fully saturated rings. The van der Waals surface area contributed by atoms with Crippen molar-refractivity contribution in [2.75, 3.05) is 13.1 Å². The number of sulfonamides is 1. The van der Waals surface area contributed by atoms with E-state index in [1.165, 1.54) is 0 Å². The Balaban J connectivity index is 2.37. The smallest absolute Gasteiger partial charge is 0.247 e. The van der Waals surface area contributed by atoms with Crippen LogP contribution in [0, 0.1) is 6.92 Å². The highest BCUT2D eigenvalue weighted by atomic mass is 32.2. The summed E-state index contributed by atoms with van der Waals surface area (Å²) in [6.45, 7) is 7.56. The average Bonchev–Trinajstić information content (AvgIpc) is 2.93. The molecule has 6 nitrogen and oxygen atoms in total. The summed E-state index contributed by atoms with van der Waals surface area (Å²) in [5, 5.41) is 10.0. The monoisotopic (exact) mass is 286 g/mol. The topological polar surface area (TPSA) is 78.1 Å². The largest absolute Gasteiger partial charge is 0.311 e. The van der Waals surface area contributed by atoms with E-state index in [9.17, 15) is 8.42 Å². The van der Waals surface area contributed by atoms with Crippen LogP contribution in [0.3, 0.4) is 0 Å². The minimum atomic E-state index is -3.44. The van der Waals surface area contributed by atoms with Gasteiger partial charge in [-0.2, -0.15) is 9.40 Å².